The number of nitriles is 1. The highest BCUT2D eigenvalue weighted by molar-refractivity contribution is 9.10. The molecule has 0 heterocycles. The number of carbonyl (C=O) groups excluding carboxylic acids is 1. The molecular weight excluding hydrogens is 402 g/mol. The first kappa shape index (κ1) is 18.9. The molecule has 0 spiro atoms. The minimum atomic E-state index is -0.342. The van der Waals surface area contributed by atoms with Crippen molar-refractivity contribution in [3.63, 3.8) is 0 Å². The second-order valence-corrected chi connectivity index (χ2v) is 6.68. The fourth-order valence-corrected chi connectivity index (χ4v) is 2.68. The van der Waals surface area contributed by atoms with Crippen LogP contribution in [0.15, 0.2) is 46.9 Å². The topological polar surface area (TPSA) is 74.2 Å². The summed E-state index contributed by atoms with van der Waals surface area (Å²) < 4.78 is 6.31. The van der Waals surface area contributed by atoms with Gasteiger partial charge in [-0.1, -0.05) is 6.07 Å². The Morgan fingerprint density at radius 1 is 1.28 bits per heavy atom. The fourth-order valence-electron chi connectivity index (χ4n) is 2.00. The number of ether oxygens (including phenoxy) is 1. The molecule has 0 aliphatic carbocycles. The van der Waals surface area contributed by atoms with Gasteiger partial charge in [0.2, 0.25) is 0 Å². The van der Waals surface area contributed by atoms with E-state index >= 15 is 0 Å². The lowest BCUT2D eigenvalue weighted by Gasteiger charge is -2.13. The SMILES string of the molecule is CC(C)Oc1ccc(C(=O)NC(=S)Nc2cccc(C#N)c2)cc1Br. The van der Waals surface area contributed by atoms with Crippen LogP contribution >= 0.6 is 28.1 Å². The van der Waals surface area contributed by atoms with Gasteiger partial charge in [-0.3, -0.25) is 10.1 Å². The normalized spacial score (nSPS) is 10.0. The quantitative estimate of drug-likeness (QED) is 0.727. The van der Waals surface area contributed by atoms with Crippen LogP contribution in [0.2, 0.25) is 0 Å². The largest absolute Gasteiger partial charge is 0.490 e. The van der Waals surface area contributed by atoms with Crippen molar-refractivity contribution in [1.82, 2.24) is 5.32 Å². The molecule has 0 bridgehead atoms. The molecule has 0 fully saturated rings. The monoisotopic (exact) mass is 417 g/mol. The van der Waals surface area contributed by atoms with E-state index in [4.69, 9.17) is 22.2 Å². The van der Waals surface area contributed by atoms with E-state index in [0.717, 1.165) is 0 Å². The standard InChI is InChI=1S/C18H16BrN3O2S/c1-11(2)24-16-7-6-13(9-15(16)19)17(23)22-18(25)21-14-5-3-4-12(8-14)10-20/h3-9,11H,1-2H3,(H2,21,22,23,25). The van der Waals surface area contributed by atoms with Crippen molar-refractivity contribution in [1.29, 1.82) is 5.26 Å². The molecule has 0 saturated carbocycles. The predicted octanol–water partition coefficient (Wildman–Crippen LogP) is 4.23. The molecule has 0 aromatic heterocycles. The van der Waals surface area contributed by atoms with Crippen LogP contribution in [0.3, 0.4) is 0 Å². The Bertz CT molecular complexity index is 846. The third-order valence-electron chi connectivity index (χ3n) is 3.03. The number of hydrogen-bond donors (Lipinski definition) is 2. The molecule has 2 rings (SSSR count). The van der Waals surface area contributed by atoms with Crippen molar-refractivity contribution in [2.75, 3.05) is 5.32 Å². The summed E-state index contributed by atoms with van der Waals surface area (Å²) in [5, 5.41) is 14.5. The van der Waals surface area contributed by atoms with Crippen molar-refractivity contribution in [3.05, 3.63) is 58.1 Å². The van der Waals surface area contributed by atoms with Crippen LogP contribution < -0.4 is 15.4 Å². The first-order valence-corrected chi connectivity index (χ1v) is 8.68. The third kappa shape index (κ3) is 5.55. The van der Waals surface area contributed by atoms with Gasteiger partial charge in [0.05, 0.1) is 22.2 Å². The van der Waals surface area contributed by atoms with E-state index in [1.54, 1.807) is 42.5 Å². The lowest BCUT2D eigenvalue weighted by molar-refractivity contribution is 0.0977. The molecule has 1 amide bonds. The third-order valence-corrected chi connectivity index (χ3v) is 3.86. The smallest absolute Gasteiger partial charge is 0.257 e. The van der Waals surface area contributed by atoms with Crippen LogP contribution in [0.4, 0.5) is 5.69 Å². The van der Waals surface area contributed by atoms with E-state index in [2.05, 4.69) is 26.6 Å². The lowest BCUT2D eigenvalue weighted by Crippen LogP contribution is -2.34. The summed E-state index contributed by atoms with van der Waals surface area (Å²) in [7, 11) is 0. The van der Waals surface area contributed by atoms with E-state index in [-0.39, 0.29) is 17.1 Å². The van der Waals surface area contributed by atoms with Crippen molar-refractivity contribution in [2.24, 2.45) is 0 Å². The van der Waals surface area contributed by atoms with Crippen LogP contribution in [0.25, 0.3) is 0 Å². The molecule has 0 atom stereocenters. The number of thiocarbonyl (C=S) groups is 1. The predicted molar refractivity (Wildman–Crippen MR) is 105 cm³/mol. The molecule has 2 N–H and O–H groups in total. The maximum atomic E-state index is 12.3. The Balaban J connectivity index is 2.02. The van der Waals surface area contributed by atoms with Crippen LogP contribution in [-0.4, -0.2) is 17.1 Å². The summed E-state index contributed by atoms with van der Waals surface area (Å²) >= 11 is 8.54. The van der Waals surface area contributed by atoms with E-state index in [1.165, 1.54) is 0 Å². The van der Waals surface area contributed by atoms with E-state index in [9.17, 15) is 4.79 Å². The highest BCUT2D eigenvalue weighted by atomic mass is 79.9. The molecule has 0 aliphatic rings. The van der Waals surface area contributed by atoms with Gasteiger partial charge in [0.25, 0.3) is 5.91 Å². The number of amides is 1. The Morgan fingerprint density at radius 3 is 2.68 bits per heavy atom. The summed E-state index contributed by atoms with van der Waals surface area (Å²) in [6.45, 7) is 3.86. The zero-order valence-corrected chi connectivity index (χ0v) is 16.1. The number of halogens is 1. The van der Waals surface area contributed by atoms with Crippen LogP contribution in [-0.2, 0) is 0 Å². The minimum absolute atomic E-state index is 0.0388. The molecule has 2 aromatic carbocycles. The second kappa shape index (κ2) is 8.60. The summed E-state index contributed by atoms with van der Waals surface area (Å²) in [4.78, 5) is 12.3. The number of rotatable bonds is 4. The molecule has 128 valence electrons. The Hall–Kier alpha value is -2.43. The van der Waals surface area contributed by atoms with E-state index in [0.29, 0.717) is 27.0 Å². The van der Waals surface area contributed by atoms with Gasteiger partial charge in [-0.25, -0.2) is 0 Å². The second-order valence-electron chi connectivity index (χ2n) is 5.41. The maximum Gasteiger partial charge on any atom is 0.257 e. The Kier molecular flexibility index (Phi) is 6.51. The Morgan fingerprint density at radius 2 is 2.04 bits per heavy atom. The van der Waals surface area contributed by atoms with Gasteiger partial charge in [-0.15, -0.1) is 0 Å². The zero-order chi connectivity index (χ0) is 18.4. The number of nitrogens with one attached hydrogen (secondary N) is 2. The molecule has 5 nitrogen and oxygen atoms in total. The number of nitrogens with zero attached hydrogens (tertiary/aromatic N) is 1. The van der Waals surface area contributed by atoms with Crippen molar-refractivity contribution in [2.45, 2.75) is 20.0 Å². The number of anilines is 1. The number of carbonyl (C=O) groups is 1. The van der Waals surface area contributed by atoms with Gasteiger partial charge >= 0.3 is 0 Å². The van der Waals surface area contributed by atoms with E-state index in [1.807, 2.05) is 19.9 Å². The average molecular weight is 418 g/mol. The first-order valence-electron chi connectivity index (χ1n) is 7.47. The fraction of sp³-hybridized carbons (Fsp3) is 0.167. The zero-order valence-electron chi connectivity index (χ0n) is 13.7. The molecule has 7 heteroatoms. The molecular formula is C18H16BrN3O2S. The summed E-state index contributed by atoms with van der Waals surface area (Å²) in [6, 6.07) is 13.9. The van der Waals surface area contributed by atoms with Crippen LogP contribution in [0.5, 0.6) is 5.75 Å². The van der Waals surface area contributed by atoms with Gasteiger partial charge in [0.1, 0.15) is 5.75 Å². The average Bonchev–Trinajstić information content (AvgIpc) is 2.56. The van der Waals surface area contributed by atoms with Gasteiger partial charge in [-0.2, -0.15) is 5.26 Å². The van der Waals surface area contributed by atoms with Crippen LogP contribution in [0.1, 0.15) is 29.8 Å². The molecule has 2 aromatic rings. The highest BCUT2D eigenvalue weighted by Gasteiger charge is 2.12. The van der Waals surface area contributed by atoms with Gasteiger partial charge in [0, 0.05) is 11.3 Å². The maximum absolute atomic E-state index is 12.3. The van der Waals surface area contributed by atoms with Crippen molar-refractivity contribution < 1.29 is 9.53 Å². The summed E-state index contributed by atoms with van der Waals surface area (Å²) in [5.41, 5.74) is 1.58. The van der Waals surface area contributed by atoms with Gasteiger partial charge in [-0.05, 0) is 78.4 Å². The molecule has 0 aliphatic heterocycles. The first-order chi connectivity index (χ1) is 11.9. The van der Waals surface area contributed by atoms with Gasteiger partial charge in [0.15, 0.2) is 5.11 Å². The van der Waals surface area contributed by atoms with Crippen molar-refractivity contribution in [3.8, 4) is 11.8 Å². The highest BCUT2D eigenvalue weighted by Crippen LogP contribution is 2.27. The molecule has 0 unspecified atom stereocenters. The Labute approximate surface area is 160 Å². The number of benzene rings is 2. The molecule has 0 saturated heterocycles. The van der Waals surface area contributed by atoms with Gasteiger partial charge < -0.3 is 10.1 Å². The summed E-state index contributed by atoms with van der Waals surface area (Å²) in [6.07, 6.45) is 0.0388. The van der Waals surface area contributed by atoms with Crippen molar-refractivity contribution >= 4 is 44.9 Å². The molecule has 0 radical (unpaired) electrons. The van der Waals surface area contributed by atoms with E-state index < -0.39 is 0 Å². The summed E-state index contributed by atoms with van der Waals surface area (Å²) in [5.74, 6) is 0.325. The minimum Gasteiger partial charge on any atom is -0.490 e. The lowest BCUT2D eigenvalue weighted by atomic mass is 10.2. The molecule has 25 heavy (non-hydrogen) atoms. The number of hydrogen-bond acceptors (Lipinski definition) is 4. The van der Waals surface area contributed by atoms with Crippen LogP contribution in [0, 0.1) is 11.3 Å².